The zero-order valence-electron chi connectivity index (χ0n) is 12.6. The van der Waals surface area contributed by atoms with Gasteiger partial charge in [0.1, 0.15) is 0 Å². The van der Waals surface area contributed by atoms with Gasteiger partial charge in [0.15, 0.2) is 0 Å². The Bertz CT molecular complexity index is 647. The fraction of sp³-hybridized carbons (Fsp3) is 0.412. The fourth-order valence-electron chi connectivity index (χ4n) is 3.25. The highest BCUT2D eigenvalue weighted by atomic mass is 32.1. The first-order valence-electron chi connectivity index (χ1n) is 7.54. The lowest BCUT2D eigenvalue weighted by Gasteiger charge is -2.29. The Kier molecular flexibility index (Phi) is 4.55. The van der Waals surface area contributed by atoms with Crippen LogP contribution in [0.2, 0.25) is 0 Å². The van der Waals surface area contributed by atoms with Crippen molar-refractivity contribution in [2.24, 2.45) is 5.73 Å². The molecule has 116 valence electrons. The summed E-state index contributed by atoms with van der Waals surface area (Å²) in [6.45, 7) is 0. The maximum atomic E-state index is 11.9. The van der Waals surface area contributed by atoms with Gasteiger partial charge >= 0.3 is 0 Å². The van der Waals surface area contributed by atoms with E-state index in [2.05, 4.69) is 17.1 Å². The number of amides is 1. The lowest BCUT2D eigenvalue weighted by Crippen LogP contribution is -2.22. The Morgan fingerprint density at radius 2 is 2.09 bits per heavy atom. The van der Waals surface area contributed by atoms with E-state index in [1.807, 2.05) is 12.3 Å². The van der Waals surface area contributed by atoms with Gasteiger partial charge in [0.2, 0.25) is 5.91 Å². The number of carbonyl (C=O) groups is 1. The summed E-state index contributed by atoms with van der Waals surface area (Å²) in [5.74, 6) is 0.0413. The number of ether oxygens (including phenoxy) is 1. The van der Waals surface area contributed by atoms with Gasteiger partial charge in [-0.15, -0.1) is 11.3 Å². The minimum atomic E-state index is -0.352. The smallest absolute Gasteiger partial charge is 0.249 e. The van der Waals surface area contributed by atoms with Crippen LogP contribution >= 0.6 is 11.3 Å². The number of nitrogens with two attached hydrogens (primary N) is 1. The highest BCUT2D eigenvalue weighted by molar-refractivity contribution is 7.13. The third-order valence-electron chi connectivity index (χ3n) is 4.48. The Morgan fingerprint density at radius 1 is 1.32 bits per heavy atom. The lowest BCUT2D eigenvalue weighted by molar-refractivity contribution is 0.0657. The number of carbonyl (C=O) groups excluding carboxylic acids is 1. The third-order valence-corrected chi connectivity index (χ3v) is 5.31. The minimum absolute atomic E-state index is 0.352. The number of hydrogen-bond acceptors (Lipinski definition) is 4. The zero-order chi connectivity index (χ0) is 15.5. The summed E-state index contributed by atoms with van der Waals surface area (Å²) in [6, 6.07) is 6.04. The van der Waals surface area contributed by atoms with Crippen LogP contribution in [0, 0.1) is 0 Å². The van der Waals surface area contributed by atoms with Crippen LogP contribution in [-0.4, -0.2) is 24.1 Å². The van der Waals surface area contributed by atoms with Gasteiger partial charge < -0.3 is 10.5 Å². The van der Waals surface area contributed by atoms with E-state index in [0.717, 1.165) is 41.7 Å². The molecule has 5 heteroatoms. The predicted molar refractivity (Wildman–Crippen MR) is 88.1 cm³/mol. The number of hydrogen-bond donors (Lipinski definition) is 1. The van der Waals surface area contributed by atoms with E-state index in [1.165, 1.54) is 0 Å². The summed E-state index contributed by atoms with van der Waals surface area (Å²) in [4.78, 5) is 17.0. The Labute approximate surface area is 134 Å². The molecule has 0 saturated heterocycles. The molecule has 1 aromatic carbocycles. The summed E-state index contributed by atoms with van der Waals surface area (Å²) < 4.78 is 5.42. The number of thiazole rings is 1. The molecule has 1 saturated carbocycles. The van der Waals surface area contributed by atoms with E-state index >= 15 is 0 Å². The molecule has 0 bridgehead atoms. The molecule has 3 rings (SSSR count). The molecule has 0 unspecified atom stereocenters. The van der Waals surface area contributed by atoms with Gasteiger partial charge in [0.05, 0.1) is 16.5 Å². The molecule has 1 aliphatic rings. The average molecular weight is 316 g/mol. The second-order valence-electron chi connectivity index (χ2n) is 5.74. The van der Waals surface area contributed by atoms with Crippen molar-refractivity contribution < 1.29 is 9.53 Å². The molecule has 0 aliphatic heterocycles. The number of aromatic nitrogens is 1. The second kappa shape index (κ2) is 6.58. The SMILES string of the molecule is COC1CCC(c2ccc(-c3cncs3)cc2C(N)=O)CC1. The van der Waals surface area contributed by atoms with Crippen LogP contribution < -0.4 is 5.73 Å². The van der Waals surface area contributed by atoms with Gasteiger partial charge in [-0.3, -0.25) is 9.78 Å². The summed E-state index contributed by atoms with van der Waals surface area (Å²) in [6.07, 6.45) is 6.32. The Balaban J connectivity index is 1.90. The number of benzene rings is 1. The van der Waals surface area contributed by atoms with Gasteiger partial charge in [0.25, 0.3) is 0 Å². The van der Waals surface area contributed by atoms with Gasteiger partial charge in [-0.25, -0.2) is 0 Å². The molecule has 0 radical (unpaired) electrons. The predicted octanol–water partition coefficient (Wildman–Crippen LogP) is 3.58. The first kappa shape index (κ1) is 15.2. The molecule has 0 spiro atoms. The van der Waals surface area contributed by atoms with E-state index in [-0.39, 0.29) is 5.91 Å². The summed E-state index contributed by atoms with van der Waals surface area (Å²) >= 11 is 1.56. The standard InChI is InChI=1S/C17H20N2O2S/c1-21-13-5-2-11(3-6-13)14-7-4-12(8-15(14)17(18)20)16-9-19-10-22-16/h4,7-11,13H,2-3,5-6H2,1H3,(H2,18,20). The molecular formula is C17H20N2O2S. The molecule has 1 aromatic heterocycles. The first-order valence-corrected chi connectivity index (χ1v) is 8.42. The number of methoxy groups -OCH3 is 1. The van der Waals surface area contributed by atoms with Crippen LogP contribution in [0.5, 0.6) is 0 Å². The van der Waals surface area contributed by atoms with Gasteiger partial charge in [0, 0.05) is 18.9 Å². The highest BCUT2D eigenvalue weighted by Gasteiger charge is 2.25. The molecule has 0 atom stereocenters. The molecule has 22 heavy (non-hydrogen) atoms. The van der Waals surface area contributed by atoms with Gasteiger partial charge in [-0.2, -0.15) is 0 Å². The van der Waals surface area contributed by atoms with E-state index in [1.54, 1.807) is 24.0 Å². The van der Waals surface area contributed by atoms with Crippen LogP contribution in [0.1, 0.15) is 47.5 Å². The Morgan fingerprint density at radius 3 is 2.68 bits per heavy atom. The lowest BCUT2D eigenvalue weighted by atomic mass is 9.80. The van der Waals surface area contributed by atoms with Crippen molar-refractivity contribution in [3.05, 3.63) is 41.0 Å². The summed E-state index contributed by atoms with van der Waals surface area (Å²) in [5, 5.41) is 0. The van der Waals surface area contributed by atoms with Gasteiger partial charge in [-0.1, -0.05) is 12.1 Å². The normalized spacial score (nSPS) is 21.7. The van der Waals surface area contributed by atoms with Crippen molar-refractivity contribution in [1.82, 2.24) is 4.98 Å². The largest absolute Gasteiger partial charge is 0.381 e. The van der Waals surface area contributed by atoms with E-state index < -0.39 is 0 Å². The molecule has 2 aromatic rings. The molecule has 1 heterocycles. The maximum absolute atomic E-state index is 11.9. The van der Waals surface area contributed by atoms with Crippen molar-refractivity contribution in [3.63, 3.8) is 0 Å². The van der Waals surface area contributed by atoms with Crippen molar-refractivity contribution in [2.45, 2.75) is 37.7 Å². The van der Waals surface area contributed by atoms with Crippen LogP contribution in [0.4, 0.5) is 0 Å². The number of nitrogens with zero attached hydrogens (tertiary/aromatic N) is 1. The molecule has 4 nitrogen and oxygen atoms in total. The maximum Gasteiger partial charge on any atom is 0.249 e. The third kappa shape index (κ3) is 3.05. The fourth-order valence-corrected chi connectivity index (χ4v) is 3.87. The molecule has 1 fully saturated rings. The first-order chi connectivity index (χ1) is 10.7. The number of rotatable bonds is 4. The van der Waals surface area contributed by atoms with Crippen molar-refractivity contribution in [1.29, 1.82) is 0 Å². The topological polar surface area (TPSA) is 65.2 Å². The van der Waals surface area contributed by atoms with Crippen LogP contribution in [0.25, 0.3) is 10.4 Å². The second-order valence-corrected chi connectivity index (χ2v) is 6.63. The minimum Gasteiger partial charge on any atom is -0.381 e. The molecule has 2 N–H and O–H groups in total. The monoisotopic (exact) mass is 316 g/mol. The average Bonchev–Trinajstić information content (AvgIpc) is 3.09. The molecule has 1 amide bonds. The van der Waals surface area contributed by atoms with E-state index in [0.29, 0.717) is 17.6 Å². The van der Waals surface area contributed by atoms with Gasteiger partial charge in [-0.05, 0) is 48.8 Å². The summed E-state index contributed by atoms with van der Waals surface area (Å²) in [5.41, 5.74) is 10.1. The van der Waals surface area contributed by atoms with Crippen molar-refractivity contribution >= 4 is 17.2 Å². The zero-order valence-corrected chi connectivity index (χ0v) is 13.4. The Hall–Kier alpha value is -1.72. The van der Waals surface area contributed by atoms with E-state index in [4.69, 9.17) is 10.5 Å². The highest BCUT2D eigenvalue weighted by Crippen LogP contribution is 2.37. The van der Waals surface area contributed by atoms with Crippen LogP contribution in [0.15, 0.2) is 29.9 Å². The number of primary amides is 1. The van der Waals surface area contributed by atoms with Crippen molar-refractivity contribution in [3.8, 4) is 10.4 Å². The molecular weight excluding hydrogens is 296 g/mol. The van der Waals surface area contributed by atoms with Crippen LogP contribution in [-0.2, 0) is 4.74 Å². The summed E-state index contributed by atoms with van der Waals surface area (Å²) in [7, 11) is 1.77. The van der Waals surface area contributed by atoms with Crippen molar-refractivity contribution in [2.75, 3.05) is 7.11 Å². The van der Waals surface area contributed by atoms with E-state index in [9.17, 15) is 4.79 Å². The quantitative estimate of drug-likeness (QED) is 0.937. The molecule has 1 aliphatic carbocycles. The van der Waals surface area contributed by atoms with Crippen LogP contribution in [0.3, 0.4) is 0 Å².